The van der Waals surface area contributed by atoms with Crippen molar-refractivity contribution >= 4 is 11.9 Å². The summed E-state index contributed by atoms with van der Waals surface area (Å²) in [6.45, 7) is 4.19. The van der Waals surface area contributed by atoms with Crippen LogP contribution in [0.2, 0.25) is 0 Å². The van der Waals surface area contributed by atoms with Gasteiger partial charge in [-0.15, -0.1) is 0 Å². The Morgan fingerprint density at radius 3 is 2.39 bits per heavy atom. The van der Waals surface area contributed by atoms with Crippen LogP contribution in [-0.4, -0.2) is 36.1 Å². The first kappa shape index (κ1) is 15.0. The van der Waals surface area contributed by atoms with Crippen LogP contribution in [0.15, 0.2) is 0 Å². The molecule has 0 heterocycles. The molecule has 1 saturated carbocycles. The number of carboxylic acid groups (broad SMARTS) is 1. The highest BCUT2D eigenvalue weighted by Crippen LogP contribution is 2.17. The first-order valence-corrected chi connectivity index (χ1v) is 6.73. The molecule has 104 valence electrons. The molecule has 3 N–H and O–H groups in total. The molecule has 1 atom stereocenters. The van der Waals surface area contributed by atoms with Gasteiger partial charge in [-0.2, -0.15) is 0 Å². The molecule has 0 spiro atoms. The fourth-order valence-electron chi connectivity index (χ4n) is 2.26. The molecule has 1 unspecified atom stereocenters. The minimum absolute atomic E-state index is 0.0191. The second-order valence-corrected chi connectivity index (χ2v) is 5.36. The number of carboxylic acids is 1. The van der Waals surface area contributed by atoms with Crippen LogP contribution in [-0.2, 0) is 9.59 Å². The first-order chi connectivity index (χ1) is 8.50. The summed E-state index contributed by atoms with van der Waals surface area (Å²) in [6.07, 6.45) is 4.73. The lowest BCUT2D eigenvalue weighted by atomic mass is 9.96. The van der Waals surface area contributed by atoms with Gasteiger partial charge in [0.15, 0.2) is 0 Å². The predicted octanol–water partition coefficient (Wildman–Crippen LogP) is 0.992. The highest BCUT2D eigenvalue weighted by molar-refractivity contribution is 5.79. The maximum atomic E-state index is 11.6. The van der Waals surface area contributed by atoms with Gasteiger partial charge >= 0.3 is 5.97 Å². The standard InChI is InChI=1S/C13H24N2O3/c1-9(2)11(13(17)18)7-15-12(16)8-14-10-5-3-4-6-10/h9-11,14H,3-8H2,1-2H3,(H,15,16)(H,17,18). The van der Waals surface area contributed by atoms with Crippen LogP contribution in [0.5, 0.6) is 0 Å². The molecule has 18 heavy (non-hydrogen) atoms. The fourth-order valence-corrected chi connectivity index (χ4v) is 2.26. The summed E-state index contributed by atoms with van der Waals surface area (Å²) in [7, 11) is 0. The van der Waals surface area contributed by atoms with E-state index in [2.05, 4.69) is 10.6 Å². The van der Waals surface area contributed by atoms with Crippen LogP contribution in [0.3, 0.4) is 0 Å². The van der Waals surface area contributed by atoms with E-state index in [4.69, 9.17) is 5.11 Å². The van der Waals surface area contributed by atoms with E-state index in [0.29, 0.717) is 6.04 Å². The summed E-state index contributed by atoms with van der Waals surface area (Å²) in [6, 6.07) is 0.455. The normalized spacial score (nSPS) is 17.9. The number of carbonyl (C=O) groups excluding carboxylic acids is 1. The Balaban J connectivity index is 2.20. The molecule has 5 heteroatoms. The third-order valence-corrected chi connectivity index (χ3v) is 3.55. The Kier molecular flexibility index (Phi) is 6.12. The molecule has 1 fully saturated rings. The lowest BCUT2D eigenvalue weighted by Gasteiger charge is -2.17. The summed E-state index contributed by atoms with van der Waals surface area (Å²) in [5.74, 6) is -1.46. The fraction of sp³-hybridized carbons (Fsp3) is 0.846. The van der Waals surface area contributed by atoms with Crippen LogP contribution in [0.4, 0.5) is 0 Å². The maximum absolute atomic E-state index is 11.6. The van der Waals surface area contributed by atoms with Crippen LogP contribution >= 0.6 is 0 Å². The maximum Gasteiger partial charge on any atom is 0.308 e. The lowest BCUT2D eigenvalue weighted by molar-refractivity contribution is -0.143. The number of rotatable bonds is 7. The number of nitrogens with one attached hydrogen (secondary N) is 2. The van der Waals surface area contributed by atoms with Crippen LogP contribution in [0, 0.1) is 11.8 Å². The molecular weight excluding hydrogens is 232 g/mol. The smallest absolute Gasteiger partial charge is 0.308 e. The number of hydrogen-bond donors (Lipinski definition) is 3. The van der Waals surface area contributed by atoms with E-state index in [1.54, 1.807) is 0 Å². The molecule has 0 saturated heterocycles. The summed E-state index contributed by atoms with van der Waals surface area (Å²) >= 11 is 0. The van der Waals surface area contributed by atoms with Gasteiger partial charge in [0.25, 0.3) is 0 Å². The first-order valence-electron chi connectivity index (χ1n) is 6.73. The monoisotopic (exact) mass is 256 g/mol. The van der Waals surface area contributed by atoms with Gasteiger partial charge in [-0.3, -0.25) is 9.59 Å². The Labute approximate surface area is 108 Å². The zero-order valence-corrected chi connectivity index (χ0v) is 11.2. The van der Waals surface area contributed by atoms with E-state index in [9.17, 15) is 9.59 Å². The summed E-state index contributed by atoms with van der Waals surface area (Å²) in [4.78, 5) is 22.5. The third-order valence-electron chi connectivity index (χ3n) is 3.55. The molecular formula is C13H24N2O3. The van der Waals surface area contributed by atoms with Gasteiger partial charge < -0.3 is 15.7 Å². The lowest BCUT2D eigenvalue weighted by Crippen LogP contribution is -2.41. The Hall–Kier alpha value is -1.10. The molecule has 0 aromatic carbocycles. The highest BCUT2D eigenvalue weighted by Gasteiger charge is 2.22. The van der Waals surface area contributed by atoms with E-state index in [-0.39, 0.29) is 24.9 Å². The van der Waals surface area contributed by atoms with Crippen LogP contribution in [0.25, 0.3) is 0 Å². The topological polar surface area (TPSA) is 78.4 Å². The minimum Gasteiger partial charge on any atom is -0.481 e. The van der Waals surface area contributed by atoms with Crippen molar-refractivity contribution in [2.24, 2.45) is 11.8 Å². The Morgan fingerprint density at radius 1 is 1.28 bits per heavy atom. The number of hydrogen-bond acceptors (Lipinski definition) is 3. The predicted molar refractivity (Wildman–Crippen MR) is 69.2 cm³/mol. The molecule has 1 rings (SSSR count). The average Bonchev–Trinajstić information content (AvgIpc) is 2.78. The number of amides is 1. The van der Waals surface area contributed by atoms with Gasteiger partial charge in [-0.1, -0.05) is 26.7 Å². The summed E-state index contributed by atoms with van der Waals surface area (Å²) < 4.78 is 0. The van der Waals surface area contributed by atoms with Crippen LogP contribution in [0.1, 0.15) is 39.5 Å². The summed E-state index contributed by atoms with van der Waals surface area (Å²) in [5, 5.41) is 14.9. The number of aliphatic carboxylic acids is 1. The molecule has 0 radical (unpaired) electrons. The summed E-state index contributed by atoms with van der Waals surface area (Å²) in [5.41, 5.74) is 0. The molecule has 0 aromatic rings. The molecule has 0 aliphatic heterocycles. The second-order valence-electron chi connectivity index (χ2n) is 5.36. The second kappa shape index (κ2) is 7.36. The quantitative estimate of drug-likeness (QED) is 0.635. The highest BCUT2D eigenvalue weighted by atomic mass is 16.4. The van der Waals surface area contributed by atoms with E-state index < -0.39 is 11.9 Å². The van der Waals surface area contributed by atoms with Crippen molar-refractivity contribution in [1.29, 1.82) is 0 Å². The van der Waals surface area contributed by atoms with Gasteiger partial charge in [0.2, 0.25) is 5.91 Å². The molecule has 1 aliphatic rings. The van der Waals surface area contributed by atoms with Crippen molar-refractivity contribution in [3.63, 3.8) is 0 Å². The van der Waals surface area contributed by atoms with Gasteiger partial charge in [0.1, 0.15) is 0 Å². The van der Waals surface area contributed by atoms with E-state index >= 15 is 0 Å². The van der Waals surface area contributed by atoms with E-state index in [0.717, 1.165) is 12.8 Å². The zero-order valence-electron chi connectivity index (χ0n) is 11.2. The van der Waals surface area contributed by atoms with Gasteiger partial charge in [0, 0.05) is 12.6 Å². The minimum atomic E-state index is -0.853. The number of carbonyl (C=O) groups is 2. The average molecular weight is 256 g/mol. The van der Waals surface area contributed by atoms with Crippen molar-refractivity contribution in [2.75, 3.05) is 13.1 Å². The van der Waals surface area contributed by atoms with Gasteiger partial charge in [-0.25, -0.2) is 0 Å². The van der Waals surface area contributed by atoms with Crippen molar-refractivity contribution in [2.45, 2.75) is 45.6 Å². The molecule has 5 nitrogen and oxygen atoms in total. The largest absolute Gasteiger partial charge is 0.481 e. The zero-order chi connectivity index (χ0) is 13.5. The van der Waals surface area contributed by atoms with Crippen molar-refractivity contribution in [3.05, 3.63) is 0 Å². The third kappa shape index (κ3) is 5.04. The van der Waals surface area contributed by atoms with Gasteiger partial charge in [-0.05, 0) is 18.8 Å². The molecule has 0 aromatic heterocycles. The molecule has 0 bridgehead atoms. The SMILES string of the molecule is CC(C)C(CNC(=O)CNC1CCCC1)C(=O)O. The molecule has 1 amide bonds. The Morgan fingerprint density at radius 2 is 1.89 bits per heavy atom. The van der Waals surface area contributed by atoms with Crippen molar-refractivity contribution in [3.8, 4) is 0 Å². The van der Waals surface area contributed by atoms with Gasteiger partial charge in [0.05, 0.1) is 12.5 Å². The van der Waals surface area contributed by atoms with Crippen molar-refractivity contribution in [1.82, 2.24) is 10.6 Å². The Bertz CT molecular complexity index is 286. The van der Waals surface area contributed by atoms with E-state index in [1.807, 2.05) is 13.8 Å². The molecule has 1 aliphatic carbocycles. The van der Waals surface area contributed by atoms with Crippen molar-refractivity contribution < 1.29 is 14.7 Å². The van der Waals surface area contributed by atoms with Crippen LogP contribution < -0.4 is 10.6 Å². The van der Waals surface area contributed by atoms with E-state index in [1.165, 1.54) is 12.8 Å².